The van der Waals surface area contributed by atoms with E-state index >= 15 is 0 Å². The maximum absolute atomic E-state index is 12.4. The summed E-state index contributed by atoms with van der Waals surface area (Å²) >= 11 is 1.66. The maximum atomic E-state index is 12.4. The number of benzene rings is 1. The van der Waals surface area contributed by atoms with Crippen molar-refractivity contribution >= 4 is 23.6 Å². The van der Waals surface area contributed by atoms with Crippen LogP contribution in [-0.4, -0.2) is 42.5 Å². The van der Waals surface area contributed by atoms with E-state index in [9.17, 15) is 9.59 Å². The first-order valence-corrected chi connectivity index (χ1v) is 9.85. The minimum absolute atomic E-state index is 0.0233. The number of amides is 2. The van der Waals surface area contributed by atoms with E-state index in [1.165, 1.54) is 0 Å². The van der Waals surface area contributed by atoms with Gasteiger partial charge in [0.05, 0.1) is 6.42 Å². The van der Waals surface area contributed by atoms with Gasteiger partial charge in [-0.2, -0.15) is 11.8 Å². The van der Waals surface area contributed by atoms with Gasteiger partial charge in [0.1, 0.15) is 6.04 Å². The molecule has 2 amide bonds. The fraction of sp³-hybridized carbons (Fsp3) is 0.556. The van der Waals surface area contributed by atoms with Gasteiger partial charge < -0.3 is 16.4 Å². The summed E-state index contributed by atoms with van der Waals surface area (Å²) in [6, 6.07) is 9.06. The van der Waals surface area contributed by atoms with Gasteiger partial charge in [-0.05, 0) is 42.8 Å². The predicted molar refractivity (Wildman–Crippen MR) is 98.8 cm³/mol. The van der Waals surface area contributed by atoms with E-state index in [1.54, 1.807) is 11.8 Å². The normalized spacial score (nSPS) is 16.2. The molecular formula is C18H27N3O2S. The Labute approximate surface area is 148 Å². The first-order valence-electron chi connectivity index (χ1n) is 8.45. The van der Waals surface area contributed by atoms with Gasteiger partial charge in [-0.15, -0.1) is 0 Å². The van der Waals surface area contributed by atoms with E-state index in [0.29, 0.717) is 18.9 Å². The molecule has 1 aromatic carbocycles. The standard InChI is InChI=1S/C18H27N3O2S/c1-24-10-9-16(18(23)20-12-15(19)14-7-8-14)21-17(22)11-13-5-3-2-4-6-13/h2-6,14-16H,7-12,19H2,1H3,(H,20,23)(H,21,22). The van der Waals surface area contributed by atoms with Gasteiger partial charge in [0.2, 0.25) is 11.8 Å². The molecule has 0 heterocycles. The average molecular weight is 350 g/mol. The van der Waals surface area contributed by atoms with Crippen LogP contribution in [0.15, 0.2) is 30.3 Å². The van der Waals surface area contributed by atoms with E-state index in [-0.39, 0.29) is 24.3 Å². The second kappa shape index (κ2) is 9.69. The van der Waals surface area contributed by atoms with Crippen LogP contribution in [0.1, 0.15) is 24.8 Å². The van der Waals surface area contributed by atoms with Crippen LogP contribution in [-0.2, 0) is 16.0 Å². The quantitative estimate of drug-likeness (QED) is 0.595. The third kappa shape index (κ3) is 6.53. The third-order valence-corrected chi connectivity index (χ3v) is 4.85. The van der Waals surface area contributed by atoms with Crippen molar-refractivity contribution in [3.63, 3.8) is 0 Å². The second-order valence-electron chi connectivity index (χ2n) is 6.31. The molecule has 2 unspecified atom stereocenters. The SMILES string of the molecule is CSCCC(NC(=O)Cc1ccccc1)C(=O)NCC(N)C1CC1. The van der Waals surface area contributed by atoms with Crippen molar-refractivity contribution in [1.29, 1.82) is 0 Å². The Morgan fingerprint density at radius 1 is 1.29 bits per heavy atom. The summed E-state index contributed by atoms with van der Waals surface area (Å²) in [5.41, 5.74) is 6.96. The van der Waals surface area contributed by atoms with Crippen molar-refractivity contribution in [2.75, 3.05) is 18.6 Å². The Kier molecular flexibility index (Phi) is 7.59. The lowest BCUT2D eigenvalue weighted by Gasteiger charge is -2.20. The Morgan fingerprint density at radius 2 is 2.00 bits per heavy atom. The molecule has 1 aliphatic rings. The van der Waals surface area contributed by atoms with Crippen molar-refractivity contribution < 1.29 is 9.59 Å². The molecule has 0 radical (unpaired) electrons. The van der Waals surface area contributed by atoms with Crippen LogP contribution in [0.2, 0.25) is 0 Å². The van der Waals surface area contributed by atoms with Gasteiger partial charge >= 0.3 is 0 Å². The average Bonchev–Trinajstić information content (AvgIpc) is 3.42. The molecule has 24 heavy (non-hydrogen) atoms. The van der Waals surface area contributed by atoms with E-state index in [2.05, 4.69) is 10.6 Å². The molecule has 0 spiro atoms. The lowest BCUT2D eigenvalue weighted by atomic mass is 10.1. The fourth-order valence-corrected chi connectivity index (χ4v) is 3.04. The van der Waals surface area contributed by atoms with Crippen LogP contribution in [0.3, 0.4) is 0 Å². The summed E-state index contributed by atoms with van der Waals surface area (Å²) < 4.78 is 0. The maximum Gasteiger partial charge on any atom is 0.242 e. The number of hydrogen-bond donors (Lipinski definition) is 3. The summed E-state index contributed by atoms with van der Waals surface area (Å²) in [5, 5.41) is 5.76. The molecule has 6 heteroatoms. The molecule has 0 bridgehead atoms. The molecule has 132 valence electrons. The van der Waals surface area contributed by atoms with Gasteiger partial charge in [-0.1, -0.05) is 30.3 Å². The Bertz CT molecular complexity index is 534. The van der Waals surface area contributed by atoms with Crippen LogP contribution in [0, 0.1) is 5.92 Å². The number of nitrogens with two attached hydrogens (primary N) is 1. The number of hydrogen-bond acceptors (Lipinski definition) is 4. The zero-order valence-electron chi connectivity index (χ0n) is 14.2. The summed E-state index contributed by atoms with van der Waals surface area (Å²) in [6.45, 7) is 0.480. The topological polar surface area (TPSA) is 84.2 Å². The Hall–Kier alpha value is -1.53. The monoisotopic (exact) mass is 349 g/mol. The first-order chi connectivity index (χ1) is 11.6. The highest BCUT2D eigenvalue weighted by molar-refractivity contribution is 7.98. The first kappa shape index (κ1) is 18.8. The molecule has 1 aliphatic carbocycles. The number of nitrogens with one attached hydrogen (secondary N) is 2. The second-order valence-corrected chi connectivity index (χ2v) is 7.30. The summed E-state index contributed by atoms with van der Waals surface area (Å²) in [5.74, 6) is 1.09. The summed E-state index contributed by atoms with van der Waals surface area (Å²) in [6.07, 6.45) is 5.20. The van der Waals surface area contributed by atoms with Crippen molar-refractivity contribution in [2.45, 2.75) is 37.8 Å². The predicted octanol–water partition coefficient (Wildman–Crippen LogP) is 1.32. The Balaban J connectivity index is 1.83. The zero-order chi connectivity index (χ0) is 17.4. The van der Waals surface area contributed by atoms with E-state index in [1.807, 2.05) is 36.6 Å². The highest BCUT2D eigenvalue weighted by Crippen LogP contribution is 2.31. The number of thioether (sulfide) groups is 1. The number of carbonyl (C=O) groups excluding carboxylic acids is 2. The fourth-order valence-electron chi connectivity index (χ4n) is 2.56. The van der Waals surface area contributed by atoms with Gasteiger partial charge in [0, 0.05) is 12.6 Å². The minimum atomic E-state index is -0.500. The largest absolute Gasteiger partial charge is 0.353 e. The molecule has 0 saturated heterocycles. The Morgan fingerprint density at radius 3 is 2.62 bits per heavy atom. The molecular weight excluding hydrogens is 322 g/mol. The van der Waals surface area contributed by atoms with Crippen molar-refractivity contribution in [1.82, 2.24) is 10.6 Å². The van der Waals surface area contributed by atoms with Crippen LogP contribution in [0.4, 0.5) is 0 Å². The smallest absolute Gasteiger partial charge is 0.242 e. The molecule has 1 aromatic rings. The van der Waals surface area contributed by atoms with E-state index in [0.717, 1.165) is 24.2 Å². The molecule has 1 saturated carbocycles. The molecule has 2 atom stereocenters. The summed E-state index contributed by atoms with van der Waals surface area (Å²) in [4.78, 5) is 24.6. The van der Waals surface area contributed by atoms with Gasteiger partial charge in [-0.3, -0.25) is 9.59 Å². The number of rotatable bonds is 10. The molecule has 1 fully saturated rings. The number of carbonyl (C=O) groups is 2. The molecule has 0 aromatic heterocycles. The van der Waals surface area contributed by atoms with Gasteiger partial charge in [0.25, 0.3) is 0 Å². The minimum Gasteiger partial charge on any atom is -0.353 e. The van der Waals surface area contributed by atoms with E-state index in [4.69, 9.17) is 5.73 Å². The van der Waals surface area contributed by atoms with Crippen molar-refractivity contribution in [3.05, 3.63) is 35.9 Å². The van der Waals surface area contributed by atoms with E-state index < -0.39 is 6.04 Å². The van der Waals surface area contributed by atoms with Gasteiger partial charge in [0.15, 0.2) is 0 Å². The van der Waals surface area contributed by atoms with Crippen LogP contribution >= 0.6 is 11.8 Å². The summed E-state index contributed by atoms with van der Waals surface area (Å²) in [7, 11) is 0. The molecule has 4 N–H and O–H groups in total. The third-order valence-electron chi connectivity index (χ3n) is 4.21. The lowest BCUT2D eigenvalue weighted by molar-refractivity contribution is -0.128. The molecule has 5 nitrogen and oxygen atoms in total. The lowest BCUT2D eigenvalue weighted by Crippen LogP contribution is -2.50. The van der Waals surface area contributed by atoms with Crippen LogP contribution in [0.25, 0.3) is 0 Å². The zero-order valence-corrected chi connectivity index (χ0v) is 15.0. The molecule has 2 rings (SSSR count). The highest BCUT2D eigenvalue weighted by atomic mass is 32.2. The molecule has 0 aliphatic heterocycles. The van der Waals surface area contributed by atoms with Crippen molar-refractivity contribution in [2.24, 2.45) is 11.7 Å². The van der Waals surface area contributed by atoms with Crippen LogP contribution in [0.5, 0.6) is 0 Å². The van der Waals surface area contributed by atoms with Crippen LogP contribution < -0.4 is 16.4 Å². The van der Waals surface area contributed by atoms with Crippen molar-refractivity contribution in [3.8, 4) is 0 Å². The van der Waals surface area contributed by atoms with Gasteiger partial charge in [-0.25, -0.2) is 0 Å². The highest BCUT2D eigenvalue weighted by Gasteiger charge is 2.29.